The lowest BCUT2D eigenvalue weighted by Gasteiger charge is -2.06. The molecule has 2 N–H and O–H groups in total. The summed E-state index contributed by atoms with van der Waals surface area (Å²) in [6.07, 6.45) is 6.80. The van der Waals surface area contributed by atoms with E-state index in [4.69, 9.17) is 0 Å². The molecule has 3 heteroatoms. The van der Waals surface area contributed by atoms with E-state index in [0.717, 1.165) is 11.1 Å². The van der Waals surface area contributed by atoms with Crippen molar-refractivity contribution in [2.75, 3.05) is 5.32 Å². The van der Waals surface area contributed by atoms with E-state index in [-0.39, 0.29) is 11.7 Å². The second kappa shape index (κ2) is 7.10. The monoisotopic (exact) mass is 279 g/mol. The summed E-state index contributed by atoms with van der Waals surface area (Å²) in [6, 6.07) is 14.5. The minimum Gasteiger partial charge on any atom is -0.507 e. The number of phenols is 1. The predicted molar refractivity (Wildman–Crippen MR) is 86.1 cm³/mol. The minimum atomic E-state index is -0.177. The fourth-order valence-electron chi connectivity index (χ4n) is 1.89. The van der Waals surface area contributed by atoms with Crippen LogP contribution in [0.15, 0.2) is 72.8 Å². The normalized spacial score (nSPS) is 11.1. The standard InChI is InChI=1S/C18H17NO2/c1-2-3-4-9-18(21)19-15-12-10-14(11-13-15)16-7-5-6-8-17(16)20/h2-13,20H,1H3,(H,19,21)/b3-2+,9-4+. The summed E-state index contributed by atoms with van der Waals surface area (Å²) in [5.74, 6) is 0.0620. The summed E-state index contributed by atoms with van der Waals surface area (Å²) in [5, 5.41) is 12.6. The van der Waals surface area contributed by atoms with E-state index in [1.807, 2.05) is 49.4 Å². The van der Waals surface area contributed by atoms with Crippen LogP contribution < -0.4 is 5.32 Å². The predicted octanol–water partition coefficient (Wildman–Crippen LogP) is 4.13. The third-order valence-corrected chi connectivity index (χ3v) is 2.92. The Kier molecular flexibility index (Phi) is 4.94. The number of hydrogen-bond acceptors (Lipinski definition) is 2. The van der Waals surface area contributed by atoms with Gasteiger partial charge in [0.1, 0.15) is 5.75 Å². The fourth-order valence-corrected chi connectivity index (χ4v) is 1.89. The number of hydrogen-bond donors (Lipinski definition) is 2. The van der Waals surface area contributed by atoms with Crippen molar-refractivity contribution in [2.24, 2.45) is 0 Å². The highest BCUT2D eigenvalue weighted by Crippen LogP contribution is 2.29. The molecule has 0 spiro atoms. The lowest BCUT2D eigenvalue weighted by atomic mass is 10.0. The highest BCUT2D eigenvalue weighted by Gasteiger charge is 2.03. The Hall–Kier alpha value is -2.81. The van der Waals surface area contributed by atoms with E-state index in [9.17, 15) is 9.90 Å². The quantitative estimate of drug-likeness (QED) is 0.653. The Balaban J connectivity index is 2.09. The number of allylic oxidation sites excluding steroid dienone is 3. The summed E-state index contributed by atoms with van der Waals surface area (Å²) in [6.45, 7) is 1.89. The third kappa shape index (κ3) is 4.08. The van der Waals surface area contributed by atoms with Gasteiger partial charge in [-0.15, -0.1) is 0 Å². The van der Waals surface area contributed by atoms with Crippen molar-refractivity contribution < 1.29 is 9.90 Å². The number of para-hydroxylation sites is 1. The molecule has 0 saturated heterocycles. The van der Waals surface area contributed by atoms with Gasteiger partial charge in [-0.2, -0.15) is 0 Å². The Morgan fingerprint density at radius 3 is 2.43 bits per heavy atom. The first kappa shape index (κ1) is 14.6. The van der Waals surface area contributed by atoms with E-state index < -0.39 is 0 Å². The molecule has 0 atom stereocenters. The Labute approximate surface area is 124 Å². The fraction of sp³-hybridized carbons (Fsp3) is 0.0556. The maximum absolute atomic E-state index is 11.6. The van der Waals surface area contributed by atoms with Crippen LogP contribution in [0, 0.1) is 0 Å². The molecule has 2 aromatic carbocycles. The van der Waals surface area contributed by atoms with Gasteiger partial charge >= 0.3 is 0 Å². The molecule has 2 rings (SSSR count). The Morgan fingerprint density at radius 2 is 1.76 bits per heavy atom. The van der Waals surface area contributed by atoms with Gasteiger partial charge in [0.2, 0.25) is 5.91 Å². The van der Waals surface area contributed by atoms with Gasteiger partial charge in [0.05, 0.1) is 0 Å². The zero-order chi connectivity index (χ0) is 15.1. The van der Waals surface area contributed by atoms with Gasteiger partial charge in [-0.25, -0.2) is 0 Å². The smallest absolute Gasteiger partial charge is 0.248 e. The lowest BCUT2D eigenvalue weighted by Crippen LogP contribution is -2.07. The first-order chi connectivity index (χ1) is 10.2. The number of carbonyl (C=O) groups excluding carboxylic acids is 1. The number of benzene rings is 2. The Bertz CT molecular complexity index is 670. The molecule has 2 aromatic rings. The number of carbonyl (C=O) groups is 1. The molecule has 1 amide bonds. The van der Waals surface area contributed by atoms with Crippen molar-refractivity contribution in [2.45, 2.75) is 6.92 Å². The topological polar surface area (TPSA) is 49.3 Å². The van der Waals surface area contributed by atoms with Gasteiger partial charge in [0.15, 0.2) is 0 Å². The van der Waals surface area contributed by atoms with Gasteiger partial charge in [-0.05, 0) is 30.7 Å². The molecule has 0 aliphatic heterocycles. The highest BCUT2D eigenvalue weighted by molar-refractivity contribution is 5.99. The number of amides is 1. The van der Waals surface area contributed by atoms with Crippen molar-refractivity contribution in [3.05, 3.63) is 72.8 Å². The maximum Gasteiger partial charge on any atom is 0.248 e. The van der Waals surface area contributed by atoms with E-state index in [2.05, 4.69) is 5.32 Å². The van der Waals surface area contributed by atoms with Crippen molar-refractivity contribution >= 4 is 11.6 Å². The summed E-state index contributed by atoms with van der Waals surface area (Å²) in [4.78, 5) is 11.6. The van der Waals surface area contributed by atoms with Crippen LogP contribution in [0.1, 0.15) is 6.92 Å². The number of rotatable bonds is 4. The molecule has 0 aromatic heterocycles. The molecular formula is C18H17NO2. The number of aromatic hydroxyl groups is 1. The van der Waals surface area contributed by atoms with Crippen LogP contribution in [-0.2, 0) is 4.79 Å². The second-order valence-electron chi connectivity index (χ2n) is 4.47. The van der Waals surface area contributed by atoms with E-state index in [1.165, 1.54) is 6.08 Å². The maximum atomic E-state index is 11.6. The van der Waals surface area contributed by atoms with Crippen molar-refractivity contribution in [1.82, 2.24) is 0 Å². The molecule has 0 radical (unpaired) electrons. The summed E-state index contributed by atoms with van der Waals surface area (Å²) in [5.41, 5.74) is 2.38. The summed E-state index contributed by atoms with van der Waals surface area (Å²) in [7, 11) is 0. The van der Waals surface area contributed by atoms with Crippen LogP contribution >= 0.6 is 0 Å². The van der Waals surface area contributed by atoms with Crippen LogP contribution in [0.3, 0.4) is 0 Å². The minimum absolute atomic E-state index is 0.177. The molecule has 0 aliphatic carbocycles. The van der Waals surface area contributed by atoms with Gasteiger partial charge < -0.3 is 10.4 Å². The zero-order valence-electron chi connectivity index (χ0n) is 11.8. The van der Waals surface area contributed by atoms with Gasteiger partial charge in [0, 0.05) is 17.3 Å². The van der Waals surface area contributed by atoms with Crippen molar-refractivity contribution in [3.63, 3.8) is 0 Å². The molecule has 0 aliphatic rings. The van der Waals surface area contributed by atoms with Crippen LogP contribution in [-0.4, -0.2) is 11.0 Å². The molecule has 0 bridgehead atoms. The third-order valence-electron chi connectivity index (χ3n) is 2.92. The van der Waals surface area contributed by atoms with Gasteiger partial charge in [0.25, 0.3) is 0 Å². The average molecular weight is 279 g/mol. The van der Waals surface area contributed by atoms with Crippen LogP contribution in [0.25, 0.3) is 11.1 Å². The molecule has 0 saturated carbocycles. The van der Waals surface area contributed by atoms with E-state index in [1.54, 1.807) is 24.3 Å². The first-order valence-electron chi connectivity index (χ1n) is 6.69. The van der Waals surface area contributed by atoms with Crippen LogP contribution in [0.2, 0.25) is 0 Å². The number of anilines is 1. The van der Waals surface area contributed by atoms with Crippen LogP contribution in [0.4, 0.5) is 5.69 Å². The molecule has 106 valence electrons. The van der Waals surface area contributed by atoms with Crippen LogP contribution in [0.5, 0.6) is 5.75 Å². The molecular weight excluding hydrogens is 262 g/mol. The second-order valence-corrected chi connectivity index (χ2v) is 4.47. The van der Waals surface area contributed by atoms with Crippen molar-refractivity contribution in [1.29, 1.82) is 0 Å². The molecule has 0 heterocycles. The largest absolute Gasteiger partial charge is 0.507 e. The molecule has 0 fully saturated rings. The molecule has 21 heavy (non-hydrogen) atoms. The average Bonchev–Trinajstić information content (AvgIpc) is 2.49. The first-order valence-corrected chi connectivity index (χ1v) is 6.69. The zero-order valence-corrected chi connectivity index (χ0v) is 11.8. The summed E-state index contributed by atoms with van der Waals surface area (Å²) < 4.78 is 0. The van der Waals surface area contributed by atoms with E-state index >= 15 is 0 Å². The molecule has 3 nitrogen and oxygen atoms in total. The van der Waals surface area contributed by atoms with Crippen molar-refractivity contribution in [3.8, 4) is 16.9 Å². The van der Waals surface area contributed by atoms with Gasteiger partial charge in [-0.3, -0.25) is 4.79 Å². The SMILES string of the molecule is C/C=C/C=C/C(=O)Nc1ccc(-c2ccccc2O)cc1. The lowest BCUT2D eigenvalue weighted by molar-refractivity contribution is -0.111. The molecule has 0 unspecified atom stereocenters. The number of phenolic OH excluding ortho intramolecular Hbond substituents is 1. The highest BCUT2D eigenvalue weighted by atomic mass is 16.3. The summed E-state index contributed by atoms with van der Waals surface area (Å²) >= 11 is 0. The van der Waals surface area contributed by atoms with Gasteiger partial charge in [-0.1, -0.05) is 48.6 Å². The Morgan fingerprint density at radius 1 is 1.05 bits per heavy atom. The number of nitrogens with one attached hydrogen (secondary N) is 1. The van der Waals surface area contributed by atoms with E-state index in [0.29, 0.717) is 5.69 Å².